The summed E-state index contributed by atoms with van der Waals surface area (Å²) in [5.41, 5.74) is 1.24. The van der Waals surface area contributed by atoms with E-state index in [0.29, 0.717) is 16.5 Å². The molecule has 19 heavy (non-hydrogen) atoms. The summed E-state index contributed by atoms with van der Waals surface area (Å²) in [7, 11) is 1.59. The Balaban J connectivity index is 1.97. The average Bonchev–Trinajstić information content (AvgIpc) is 2.39. The minimum atomic E-state index is -0.354. The first-order valence-corrected chi connectivity index (χ1v) is 5.89. The lowest BCUT2D eigenvalue weighted by molar-refractivity contribution is 0.262. The second-order valence-corrected chi connectivity index (χ2v) is 4.06. The number of aromatic nitrogens is 1. The summed E-state index contributed by atoms with van der Waals surface area (Å²) in [5.74, 6) is 0.729. The number of pyridine rings is 1. The molecule has 2 amide bonds. The third kappa shape index (κ3) is 3.86. The summed E-state index contributed by atoms with van der Waals surface area (Å²) in [6.07, 6.45) is 1.52. The number of rotatable bonds is 3. The fourth-order valence-corrected chi connectivity index (χ4v) is 1.62. The molecule has 5 nitrogen and oxygen atoms in total. The molecule has 0 radical (unpaired) electrons. The van der Waals surface area contributed by atoms with Crippen molar-refractivity contribution in [3.63, 3.8) is 0 Å². The van der Waals surface area contributed by atoms with Crippen LogP contribution in [0.25, 0.3) is 0 Å². The molecule has 2 rings (SSSR count). The van der Waals surface area contributed by atoms with Gasteiger partial charge in [0.25, 0.3) is 0 Å². The topological polar surface area (TPSA) is 63.2 Å². The van der Waals surface area contributed by atoms with Gasteiger partial charge in [-0.15, -0.1) is 0 Å². The minimum Gasteiger partial charge on any atom is -0.497 e. The largest absolute Gasteiger partial charge is 0.497 e. The number of amides is 2. The zero-order valence-corrected chi connectivity index (χ0v) is 10.9. The summed E-state index contributed by atoms with van der Waals surface area (Å²) in [5, 5.41) is 5.67. The lowest BCUT2D eigenvalue weighted by Gasteiger charge is -2.08. The van der Waals surface area contributed by atoms with Crippen LogP contribution in [0.4, 0.5) is 16.2 Å². The van der Waals surface area contributed by atoms with Gasteiger partial charge in [-0.25, -0.2) is 9.78 Å². The maximum atomic E-state index is 11.7. The van der Waals surface area contributed by atoms with Crippen LogP contribution in [0, 0.1) is 0 Å². The highest BCUT2D eigenvalue weighted by Crippen LogP contribution is 2.16. The highest BCUT2D eigenvalue weighted by Gasteiger charge is 2.03. The molecule has 1 heterocycles. The van der Waals surface area contributed by atoms with E-state index in [-0.39, 0.29) is 6.03 Å². The van der Waals surface area contributed by atoms with Gasteiger partial charge in [0.05, 0.1) is 7.11 Å². The van der Waals surface area contributed by atoms with Crippen LogP contribution >= 0.6 is 11.6 Å². The van der Waals surface area contributed by atoms with Crippen molar-refractivity contribution >= 4 is 29.0 Å². The van der Waals surface area contributed by atoms with Crippen molar-refractivity contribution in [3.8, 4) is 5.75 Å². The van der Waals surface area contributed by atoms with Crippen molar-refractivity contribution < 1.29 is 9.53 Å². The van der Waals surface area contributed by atoms with E-state index >= 15 is 0 Å². The molecule has 0 saturated heterocycles. The number of methoxy groups -OCH3 is 1. The van der Waals surface area contributed by atoms with Gasteiger partial charge in [0.1, 0.15) is 10.9 Å². The van der Waals surface area contributed by atoms with E-state index in [1.165, 1.54) is 6.20 Å². The SMILES string of the molecule is COc1ccc(NC(=O)Nc2ccnc(Cl)c2)cc1. The third-order valence-electron chi connectivity index (χ3n) is 2.33. The minimum absolute atomic E-state index is 0.322. The molecule has 6 heteroatoms. The second-order valence-electron chi connectivity index (χ2n) is 3.67. The molecule has 0 unspecified atom stereocenters. The van der Waals surface area contributed by atoms with Gasteiger partial charge in [-0.05, 0) is 36.4 Å². The Morgan fingerprint density at radius 3 is 2.47 bits per heavy atom. The Bertz CT molecular complexity index is 572. The van der Waals surface area contributed by atoms with Gasteiger partial charge in [0.2, 0.25) is 0 Å². The number of halogens is 1. The number of urea groups is 1. The predicted molar refractivity (Wildman–Crippen MR) is 74.9 cm³/mol. The number of carbonyl (C=O) groups excluding carboxylic acids is 1. The molecular formula is C13H12ClN3O2. The molecule has 0 aliphatic rings. The molecule has 2 aromatic rings. The molecule has 0 atom stereocenters. The number of hydrogen-bond acceptors (Lipinski definition) is 3. The van der Waals surface area contributed by atoms with Gasteiger partial charge >= 0.3 is 6.03 Å². The summed E-state index contributed by atoms with van der Waals surface area (Å²) >= 11 is 5.73. The number of anilines is 2. The van der Waals surface area contributed by atoms with Crippen LogP contribution < -0.4 is 15.4 Å². The molecule has 0 fully saturated rings. The fourth-order valence-electron chi connectivity index (χ4n) is 1.45. The smallest absolute Gasteiger partial charge is 0.323 e. The van der Waals surface area contributed by atoms with E-state index in [1.54, 1.807) is 43.5 Å². The number of benzene rings is 1. The van der Waals surface area contributed by atoms with Gasteiger partial charge in [-0.2, -0.15) is 0 Å². The van der Waals surface area contributed by atoms with E-state index in [1.807, 2.05) is 0 Å². The summed E-state index contributed by atoms with van der Waals surface area (Å²) in [6.45, 7) is 0. The van der Waals surface area contributed by atoms with Crippen molar-refractivity contribution in [2.45, 2.75) is 0 Å². The number of carbonyl (C=O) groups is 1. The Labute approximate surface area is 115 Å². The van der Waals surface area contributed by atoms with Crippen LogP contribution in [0.3, 0.4) is 0 Å². The first-order chi connectivity index (χ1) is 9.17. The number of hydrogen-bond donors (Lipinski definition) is 2. The van der Waals surface area contributed by atoms with Crippen molar-refractivity contribution in [2.24, 2.45) is 0 Å². The Morgan fingerprint density at radius 2 is 1.84 bits per heavy atom. The van der Waals surface area contributed by atoms with E-state index in [2.05, 4.69) is 15.6 Å². The van der Waals surface area contributed by atoms with Crippen molar-refractivity contribution in [3.05, 3.63) is 47.7 Å². The average molecular weight is 278 g/mol. The summed E-state index contributed by atoms with van der Waals surface area (Å²) in [6, 6.07) is 9.88. The first kappa shape index (κ1) is 13.2. The zero-order valence-electron chi connectivity index (χ0n) is 10.2. The number of nitrogens with zero attached hydrogens (tertiary/aromatic N) is 1. The van der Waals surface area contributed by atoms with Crippen LogP contribution in [0.15, 0.2) is 42.6 Å². The van der Waals surface area contributed by atoms with Crippen LogP contribution in [0.1, 0.15) is 0 Å². The molecule has 2 N–H and O–H groups in total. The molecule has 98 valence electrons. The number of nitrogens with one attached hydrogen (secondary N) is 2. The van der Waals surface area contributed by atoms with Gasteiger partial charge in [0, 0.05) is 17.6 Å². The Hall–Kier alpha value is -2.27. The Morgan fingerprint density at radius 1 is 1.16 bits per heavy atom. The first-order valence-electron chi connectivity index (χ1n) is 5.51. The van der Waals surface area contributed by atoms with Crippen LogP contribution in [-0.4, -0.2) is 18.1 Å². The molecular weight excluding hydrogens is 266 g/mol. The quantitative estimate of drug-likeness (QED) is 0.845. The third-order valence-corrected chi connectivity index (χ3v) is 2.54. The van der Waals surface area contributed by atoms with Crippen molar-refractivity contribution in [1.29, 1.82) is 0 Å². The number of ether oxygens (including phenoxy) is 1. The maximum absolute atomic E-state index is 11.7. The monoisotopic (exact) mass is 277 g/mol. The van der Waals surface area contributed by atoms with Gasteiger partial charge in [-0.1, -0.05) is 11.6 Å². The maximum Gasteiger partial charge on any atom is 0.323 e. The van der Waals surface area contributed by atoms with E-state index in [4.69, 9.17) is 16.3 Å². The van der Waals surface area contributed by atoms with Crippen molar-refractivity contribution in [1.82, 2.24) is 4.98 Å². The molecule has 0 spiro atoms. The van der Waals surface area contributed by atoms with Crippen molar-refractivity contribution in [2.75, 3.05) is 17.7 Å². The van der Waals surface area contributed by atoms with Crippen LogP contribution in [0.2, 0.25) is 5.15 Å². The lowest BCUT2D eigenvalue weighted by atomic mass is 10.3. The highest BCUT2D eigenvalue weighted by molar-refractivity contribution is 6.29. The molecule has 0 aliphatic heterocycles. The Kier molecular flexibility index (Phi) is 4.20. The van der Waals surface area contributed by atoms with Gasteiger partial charge in [-0.3, -0.25) is 0 Å². The molecule has 1 aromatic heterocycles. The van der Waals surface area contributed by atoms with Gasteiger partial charge in [0.15, 0.2) is 0 Å². The molecule has 0 saturated carbocycles. The van der Waals surface area contributed by atoms with Crippen LogP contribution in [0.5, 0.6) is 5.75 Å². The highest BCUT2D eigenvalue weighted by atomic mass is 35.5. The predicted octanol–water partition coefficient (Wildman–Crippen LogP) is 3.39. The zero-order chi connectivity index (χ0) is 13.7. The second kappa shape index (κ2) is 6.06. The molecule has 0 bridgehead atoms. The fraction of sp³-hybridized carbons (Fsp3) is 0.0769. The van der Waals surface area contributed by atoms with E-state index in [0.717, 1.165) is 5.75 Å². The van der Waals surface area contributed by atoms with E-state index in [9.17, 15) is 4.79 Å². The van der Waals surface area contributed by atoms with Crippen LogP contribution in [-0.2, 0) is 0 Å². The molecule has 1 aromatic carbocycles. The lowest BCUT2D eigenvalue weighted by Crippen LogP contribution is -2.19. The summed E-state index contributed by atoms with van der Waals surface area (Å²) < 4.78 is 5.03. The standard InChI is InChI=1S/C13H12ClN3O2/c1-19-11-4-2-9(3-5-11)16-13(18)17-10-6-7-15-12(14)8-10/h2-8H,1H3,(H2,15,16,17,18). The normalized spacial score (nSPS) is 9.79. The van der Waals surface area contributed by atoms with Gasteiger partial charge < -0.3 is 15.4 Å². The molecule has 0 aliphatic carbocycles. The summed E-state index contributed by atoms with van der Waals surface area (Å²) in [4.78, 5) is 15.6. The van der Waals surface area contributed by atoms with E-state index < -0.39 is 0 Å².